The minimum atomic E-state index is -0.160. The Morgan fingerprint density at radius 2 is 1.88 bits per heavy atom. The lowest BCUT2D eigenvalue weighted by Crippen LogP contribution is -2.09. The Labute approximate surface area is 102 Å². The molecule has 0 radical (unpaired) electrons. The van der Waals surface area contributed by atoms with Gasteiger partial charge in [0, 0.05) is 11.8 Å². The largest absolute Gasteiger partial charge is 0.306 e. The molecule has 0 fully saturated rings. The van der Waals surface area contributed by atoms with Crippen molar-refractivity contribution in [2.24, 2.45) is 0 Å². The predicted molar refractivity (Wildman–Crippen MR) is 67.5 cm³/mol. The topological polar surface area (TPSA) is 45.8 Å². The number of aryl methyl sites for hydroxylation is 2. The van der Waals surface area contributed by atoms with E-state index in [9.17, 15) is 4.79 Å². The average Bonchev–Trinajstić information content (AvgIpc) is 2.23. The molecule has 0 saturated carbocycles. The molecule has 2 rings (SSSR count). The van der Waals surface area contributed by atoms with Gasteiger partial charge in [-0.1, -0.05) is 18.2 Å². The third-order valence-electron chi connectivity index (χ3n) is 2.47. The fraction of sp³-hybridized carbons (Fsp3) is 0.167. The zero-order valence-corrected chi connectivity index (χ0v) is 10.6. The number of H-pyrrole nitrogens is 1. The van der Waals surface area contributed by atoms with Crippen LogP contribution in [0.5, 0.6) is 0 Å². The van der Waals surface area contributed by atoms with Crippen molar-refractivity contribution in [2.45, 2.75) is 13.8 Å². The van der Waals surface area contributed by atoms with Gasteiger partial charge in [0.15, 0.2) is 0 Å². The highest BCUT2D eigenvalue weighted by molar-refractivity contribution is 9.10. The quantitative estimate of drug-likeness (QED) is 0.872. The minimum absolute atomic E-state index is 0.160. The van der Waals surface area contributed by atoms with Gasteiger partial charge in [-0.05, 0) is 40.9 Å². The molecule has 0 saturated heterocycles. The summed E-state index contributed by atoms with van der Waals surface area (Å²) >= 11 is 3.13. The fourth-order valence-corrected chi connectivity index (χ4v) is 1.90. The molecule has 0 aliphatic rings. The lowest BCUT2D eigenvalue weighted by atomic mass is 10.0. The van der Waals surface area contributed by atoms with E-state index in [4.69, 9.17) is 0 Å². The molecular weight excluding hydrogens is 268 g/mol. The third-order valence-corrected chi connectivity index (χ3v) is 3.04. The number of hydrogen-bond acceptors (Lipinski definition) is 2. The van der Waals surface area contributed by atoms with Gasteiger partial charge < -0.3 is 4.98 Å². The maximum atomic E-state index is 11.5. The molecule has 0 aliphatic carbocycles. The molecule has 82 valence electrons. The van der Waals surface area contributed by atoms with Crippen LogP contribution in [0.4, 0.5) is 0 Å². The van der Waals surface area contributed by atoms with E-state index in [1.54, 1.807) is 0 Å². The normalized spacial score (nSPS) is 10.4. The van der Waals surface area contributed by atoms with Crippen LogP contribution in [0.2, 0.25) is 0 Å². The van der Waals surface area contributed by atoms with Crippen LogP contribution in [-0.2, 0) is 0 Å². The van der Waals surface area contributed by atoms with Crippen LogP contribution in [-0.4, -0.2) is 9.97 Å². The first-order chi connectivity index (χ1) is 7.59. The maximum absolute atomic E-state index is 11.5. The Morgan fingerprint density at radius 1 is 1.25 bits per heavy atom. The van der Waals surface area contributed by atoms with Crippen LogP contribution in [0.1, 0.15) is 11.1 Å². The van der Waals surface area contributed by atoms with Gasteiger partial charge in [-0.3, -0.25) is 4.79 Å². The van der Waals surface area contributed by atoms with E-state index < -0.39 is 0 Å². The number of hydrogen-bond donors (Lipinski definition) is 1. The Morgan fingerprint density at radius 3 is 2.44 bits per heavy atom. The summed E-state index contributed by atoms with van der Waals surface area (Å²) in [6.07, 6.45) is 1.53. The molecule has 2 aromatic rings. The molecule has 0 unspecified atom stereocenters. The number of aromatic nitrogens is 2. The Hall–Kier alpha value is -1.42. The van der Waals surface area contributed by atoms with Gasteiger partial charge in [0.05, 0.1) is 0 Å². The number of nitrogens with one attached hydrogen (secondary N) is 1. The van der Waals surface area contributed by atoms with Gasteiger partial charge in [-0.25, -0.2) is 4.98 Å². The molecule has 1 heterocycles. The molecule has 0 bridgehead atoms. The Balaban J connectivity index is 2.68. The van der Waals surface area contributed by atoms with E-state index in [0.717, 1.165) is 16.7 Å². The van der Waals surface area contributed by atoms with Gasteiger partial charge in [0.25, 0.3) is 5.56 Å². The Kier molecular flexibility index (Phi) is 2.92. The highest BCUT2D eigenvalue weighted by Gasteiger charge is 2.08. The lowest BCUT2D eigenvalue weighted by Gasteiger charge is -2.08. The predicted octanol–water partition coefficient (Wildman–Crippen LogP) is 2.82. The standard InChI is InChI=1S/C12H11BrN2O/c1-7-4-3-5-8(2)10(7)11-14-6-9(13)12(16)15-11/h3-6H,1-2H3,(H,14,15,16). The van der Waals surface area contributed by atoms with E-state index in [-0.39, 0.29) is 5.56 Å². The second-order valence-corrected chi connectivity index (χ2v) is 4.53. The van der Waals surface area contributed by atoms with Crippen LogP contribution >= 0.6 is 15.9 Å². The second kappa shape index (κ2) is 4.22. The molecule has 1 aromatic heterocycles. The zero-order valence-electron chi connectivity index (χ0n) is 9.04. The monoisotopic (exact) mass is 278 g/mol. The van der Waals surface area contributed by atoms with E-state index in [0.29, 0.717) is 10.3 Å². The molecule has 0 amide bonds. The molecule has 4 heteroatoms. The van der Waals surface area contributed by atoms with Gasteiger partial charge in [-0.2, -0.15) is 0 Å². The van der Waals surface area contributed by atoms with Crippen molar-refractivity contribution in [3.63, 3.8) is 0 Å². The van der Waals surface area contributed by atoms with Crippen LogP contribution in [0.3, 0.4) is 0 Å². The van der Waals surface area contributed by atoms with Crippen LogP contribution in [0, 0.1) is 13.8 Å². The molecule has 16 heavy (non-hydrogen) atoms. The zero-order chi connectivity index (χ0) is 11.7. The summed E-state index contributed by atoms with van der Waals surface area (Å²) in [5, 5.41) is 0. The van der Waals surface area contributed by atoms with Crippen molar-refractivity contribution in [3.8, 4) is 11.4 Å². The summed E-state index contributed by atoms with van der Waals surface area (Å²) in [6, 6.07) is 6.00. The first kappa shape index (κ1) is 11.1. The lowest BCUT2D eigenvalue weighted by molar-refractivity contribution is 1.10. The fourth-order valence-electron chi connectivity index (χ4n) is 1.69. The SMILES string of the molecule is Cc1cccc(C)c1-c1ncc(Br)c(=O)[nH]1. The summed E-state index contributed by atoms with van der Waals surface area (Å²) in [4.78, 5) is 18.5. The van der Waals surface area contributed by atoms with Crippen LogP contribution in [0.25, 0.3) is 11.4 Å². The third kappa shape index (κ3) is 1.93. The second-order valence-electron chi connectivity index (χ2n) is 3.68. The highest BCUT2D eigenvalue weighted by Crippen LogP contribution is 2.22. The number of halogens is 1. The van der Waals surface area contributed by atoms with E-state index in [2.05, 4.69) is 25.9 Å². The summed E-state index contributed by atoms with van der Waals surface area (Å²) in [7, 11) is 0. The molecular formula is C12H11BrN2O. The van der Waals surface area contributed by atoms with Gasteiger partial charge >= 0.3 is 0 Å². The molecule has 3 nitrogen and oxygen atoms in total. The van der Waals surface area contributed by atoms with E-state index >= 15 is 0 Å². The summed E-state index contributed by atoms with van der Waals surface area (Å²) in [6.45, 7) is 4.01. The first-order valence-corrected chi connectivity index (χ1v) is 5.70. The van der Waals surface area contributed by atoms with Crippen LogP contribution < -0.4 is 5.56 Å². The number of rotatable bonds is 1. The number of nitrogens with zero attached hydrogens (tertiary/aromatic N) is 1. The van der Waals surface area contributed by atoms with E-state index in [1.165, 1.54) is 6.20 Å². The van der Waals surface area contributed by atoms with Gasteiger partial charge in [0.2, 0.25) is 0 Å². The molecule has 0 spiro atoms. The summed E-state index contributed by atoms with van der Waals surface area (Å²) in [5.41, 5.74) is 3.04. The van der Waals surface area contributed by atoms with Gasteiger partial charge in [-0.15, -0.1) is 0 Å². The van der Waals surface area contributed by atoms with Crippen molar-refractivity contribution < 1.29 is 0 Å². The van der Waals surface area contributed by atoms with Crippen molar-refractivity contribution in [1.82, 2.24) is 9.97 Å². The van der Waals surface area contributed by atoms with Crippen molar-refractivity contribution in [1.29, 1.82) is 0 Å². The number of aromatic amines is 1. The maximum Gasteiger partial charge on any atom is 0.265 e. The molecule has 1 N–H and O–H groups in total. The summed E-state index contributed by atoms with van der Waals surface area (Å²) in [5.74, 6) is 0.615. The smallest absolute Gasteiger partial charge is 0.265 e. The minimum Gasteiger partial charge on any atom is -0.306 e. The van der Waals surface area contributed by atoms with E-state index in [1.807, 2.05) is 32.0 Å². The molecule has 0 aliphatic heterocycles. The van der Waals surface area contributed by atoms with Crippen LogP contribution in [0.15, 0.2) is 33.7 Å². The van der Waals surface area contributed by atoms with Crippen molar-refractivity contribution in [2.75, 3.05) is 0 Å². The molecule has 1 aromatic carbocycles. The molecule has 0 atom stereocenters. The average molecular weight is 279 g/mol. The van der Waals surface area contributed by atoms with Crippen molar-refractivity contribution in [3.05, 3.63) is 50.3 Å². The highest BCUT2D eigenvalue weighted by atomic mass is 79.9. The summed E-state index contributed by atoms with van der Waals surface area (Å²) < 4.78 is 0.447. The Bertz CT molecular complexity index is 570. The number of benzene rings is 1. The van der Waals surface area contributed by atoms with Crippen molar-refractivity contribution >= 4 is 15.9 Å². The van der Waals surface area contributed by atoms with Gasteiger partial charge in [0.1, 0.15) is 10.3 Å². The first-order valence-electron chi connectivity index (χ1n) is 4.91.